The van der Waals surface area contributed by atoms with E-state index in [1.54, 1.807) is 4.90 Å². The number of hydrogen-bond acceptors (Lipinski definition) is 3. The van der Waals surface area contributed by atoms with E-state index in [1.165, 1.54) is 11.8 Å². The molecule has 1 aromatic carbocycles. The number of amides is 1. The van der Waals surface area contributed by atoms with Gasteiger partial charge in [0.2, 0.25) is 5.91 Å². The molecule has 0 aliphatic carbocycles. The maximum Gasteiger partial charge on any atom is 0.306 e. The summed E-state index contributed by atoms with van der Waals surface area (Å²) in [5.41, 5.74) is 0. The molecule has 6 heteroatoms. The molecule has 21 heavy (non-hydrogen) atoms. The van der Waals surface area contributed by atoms with Crippen LogP contribution >= 0.6 is 27.7 Å². The second-order valence-electron chi connectivity index (χ2n) is 5.15. The third-order valence-corrected chi connectivity index (χ3v) is 5.26. The predicted octanol–water partition coefficient (Wildman–Crippen LogP) is 3.25. The van der Waals surface area contributed by atoms with Gasteiger partial charge in [-0.25, -0.2) is 0 Å². The second-order valence-corrected chi connectivity index (χ2v) is 7.48. The van der Waals surface area contributed by atoms with Gasteiger partial charge in [-0.3, -0.25) is 9.59 Å². The van der Waals surface area contributed by atoms with Crippen LogP contribution in [0.1, 0.15) is 19.8 Å². The zero-order chi connectivity index (χ0) is 15.4. The number of nitrogens with zero attached hydrogens (tertiary/aromatic N) is 1. The summed E-state index contributed by atoms with van der Waals surface area (Å²) in [5, 5.41) is 8.82. The van der Waals surface area contributed by atoms with Gasteiger partial charge >= 0.3 is 5.97 Å². The van der Waals surface area contributed by atoms with Crippen LogP contribution in [-0.2, 0) is 9.59 Å². The number of carboxylic acid groups (broad SMARTS) is 1. The molecule has 1 heterocycles. The Morgan fingerprint density at radius 2 is 1.86 bits per heavy atom. The van der Waals surface area contributed by atoms with Gasteiger partial charge in [-0.1, -0.05) is 15.9 Å². The summed E-state index contributed by atoms with van der Waals surface area (Å²) < 4.78 is 1.02. The number of rotatable bonds is 4. The van der Waals surface area contributed by atoms with E-state index in [-0.39, 0.29) is 17.1 Å². The Bertz CT molecular complexity index is 512. The summed E-state index contributed by atoms with van der Waals surface area (Å²) in [5.74, 6) is -0.963. The molecule has 1 aromatic rings. The molecule has 1 N–H and O–H groups in total. The second kappa shape index (κ2) is 7.31. The molecule has 1 fully saturated rings. The first-order valence-electron chi connectivity index (χ1n) is 6.91. The lowest BCUT2D eigenvalue weighted by atomic mass is 9.97. The quantitative estimate of drug-likeness (QED) is 0.825. The monoisotopic (exact) mass is 371 g/mol. The van der Waals surface area contributed by atoms with Crippen LogP contribution in [0.3, 0.4) is 0 Å². The van der Waals surface area contributed by atoms with Crippen LogP contribution in [0, 0.1) is 5.92 Å². The van der Waals surface area contributed by atoms with E-state index in [4.69, 9.17) is 5.11 Å². The summed E-state index contributed by atoms with van der Waals surface area (Å²) in [7, 11) is 0. The SMILES string of the molecule is CC(Sc1ccc(Br)cc1)C(=O)N1CCC(C(=O)O)CC1. The average molecular weight is 372 g/mol. The van der Waals surface area contributed by atoms with Crippen molar-refractivity contribution in [1.82, 2.24) is 4.90 Å². The number of likely N-dealkylation sites (tertiary alicyclic amines) is 1. The summed E-state index contributed by atoms with van der Waals surface area (Å²) >= 11 is 4.92. The van der Waals surface area contributed by atoms with Crippen molar-refractivity contribution in [3.05, 3.63) is 28.7 Å². The first-order valence-corrected chi connectivity index (χ1v) is 8.58. The molecule has 0 saturated carbocycles. The zero-order valence-corrected chi connectivity index (χ0v) is 14.2. The standard InChI is InChI=1S/C15H18BrNO3S/c1-10(21-13-4-2-12(16)3-5-13)14(18)17-8-6-11(7-9-17)15(19)20/h2-5,10-11H,6-9H2,1H3,(H,19,20). The molecule has 114 valence electrons. The van der Waals surface area contributed by atoms with E-state index in [0.29, 0.717) is 25.9 Å². The Hall–Kier alpha value is -1.01. The molecule has 0 bridgehead atoms. The normalized spacial score (nSPS) is 17.5. The van der Waals surface area contributed by atoms with E-state index in [2.05, 4.69) is 15.9 Å². The molecule has 1 saturated heterocycles. The molecule has 1 unspecified atom stereocenters. The van der Waals surface area contributed by atoms with Gasteiger partial charge < -0.3 is 10.0 Å². The lowest BCUT2D eigenvalue weighted by Crippen LogP contribution is -2.43. The van der Waals surface area contributed by atoms with E-state index < -0.39 is 5.97 Å². The van der Waals surface area contributed by atoms with Gasteiger partial charge in [0.05, 0.1) is 11.2 Å². The van der Waals surface area contributed by atoms with E-state index >= 15 is 0 Å². The Morgan fingerprint density at radius 1 is 1.29 bits per heavy atom. The zero-order valence-electron chi connectivity index (χ0n) is 11.8. The summed E-state index contributed by atoms with van der Waals surface area (Å²) in [6, 6.07) is 7.88. The molecule has 1 aliphatic rings. The summed E-state index contributed by atoms with van der Waals surface area (Å²) in [6.07, 6.45) is 1.10. The lowest BCUT2D eigenvalue weighted by molar-refractivity contribution is -0.145. The van der Waals surface area contributed by atoms with Gasteiger partial charge in [-0.2, -0.15) is 0 Å². The van der Waals surface area contributed by atoms with Crippen LogP contribution in [0.4, 0.5) is 0 Å². The molecule has 1 amide bonds. The molecular formula is C15H18BrNO3S. The number of carboxylic acids is 1. The van der Waals surface area contributed by atoms with Gasteiger partial charge in [0, 0.05) is 22.5 Å². The van der Waals surface area contributed by atoms with E-state index in [9.17, 15) is 9.59 Å². The third kappa shape index (κ3) is 4.48. The molecule has 1 atom stereocenters. The van der Waals surface area contributed by atoms with Crippen molar-refractivity contribution < 1.29 is 14.7 Å². The van der Waals surface area contributed by atoms with Crippen LogP contribution in [0.5, 0.6) is 0 Å². The van der Waals surface area contributed by atoms with Crippen molar-refractivity contribution in [2.75, 3.05) is 13.1 Å². The van der Waals surface area contributed by atoms with Crippen LogP contribution in [0.15, 0.2) is 33.6 Å². The summed E-state index contributed by atoms with van der Waals surface area (Å²) in [6.45, 7) is 2.99. The predicted molar refractivity (Wildman–Crippen MR) is 86.4 cm³/mol. The highest BCUT2D eigenvalue weighted by Gasteiger charge is 2.29. The van der Waals surface area contributed by atoms with Crippen LogP contribution in [-0.4, -0.2) is 40.2 Å². The number of halogens is 1. The smallest absolute Gasteiger partial charge is 0.306 e. The van der Waals surface area contributed by atoms with Crippen LogP contribution in [0.2, 0.25) is 0 Å². The molecule has 1 aliphatic heterocycles. The first kappa shape index (κ1) is 16.4. The van der Waals surface area contributed by atoms with Crippen molar-refractivity contribution >= 4 is 39.6 Å². The topological polar surface area (TPSA) is 57.6 Å². The number of carbonyl (C=O) groups excluding carboxylic acids is 1. The van der Waals surface area contributed by atoms with Crippen molar-refractivity contribution in [1.29, 1.82) is 0 Å². The highest BCUT2D eigenvalue weighted by atomic mass is 79.9. The van der Waals surface area contributed by atoms with Crippen molar-refractivity contribution in [3.63, 3.8) is 0 Å². The number of piperidine rings is 1. The number of carbonyl (C=O) groups is 2. The molecular weight excluding hydrogens is 354 g/mol. The fourth-order valence-corrected chi connectivity index (χ4v) is 3.59. The maximum atomic E-state index is 12.4. The van der Waals surface area contributed by atoms with Crippen molar-refractivity contribution in [3.8, 4) is 0 Å². The first-order chi connectivity index (χ1) is 9.97. The number of aliphatic carboxylic acids is 1. The van der Waals surface area contributed by atoms with Gasteiger partial charge in [0.1, 0.15) is 0 Å². The number of hydrogen-bond donors (Lipinski definition) is 1. The van der Waals surface area contributed by atoms with Gasteiger partial charge in [0.25, 0.3) is 0 Å². The average Bonchev–Trinajstić information content (AvgIpc) is 2.49. The maximum absolute atomic E-state index is 12.4. The Morgan fingerprint density at radius 3 is 2.38 bits per heavy atom. The van der Waals surface area contributed by atoms with Gasteiger partial charge in [-0.05, 0) is 44.0 Å². The summed E-state index contributed by atoms with van der Waals surface area (Å²) in [4.78, 5) is 26.2. The van der Waals surface area contributed by atoms with E-state index in [1.807, 2.05) is 31.2 Å². The van der Waals surface area contributed by atoms with Crippen LogP contribution < -0.4 is 0 Å². The number of thioether (sulfide) groups is 1. The third-order valence-electron chi connectivity index (χ3n) is 3.63. The van der Waals surface area contributed by atoms with Crippen molar-refractivity contribution in [2.24, 2.45) is 5.92 Å². The lowest BCUT2D eigenvalue weighted by Gasteiger charge is -2.31. The molecule has 4 nitrogen and oxygen atoms in total. The van der Waals surface area contributed by atoms with E-state index in [0.717, 1.165) is 9.37 Å². The van der Waals surface area contributed by atoms with Crippen LogP contribution in [0.25, 0.3) is 0 Å². The molecule has 0 radical (unpaired) electrons. The molecule has 0 aromatic heterocycles. The highest BCUT2D eigenvalue weighted by molar-refractivity contribution is 9.10. The number of benzene rings is 1. The van der Waals surface area contributed by atoms with Crippen molar-refractivity contribution in [2.45, 2.75) is 29.9 Å². The Kier molecular flexibility index (Phi) is 5.70. The Balaban J connectivity index is 1.88. The fraction of sp³-hybridized carbons (Fsp3) is 0.467. The van der Waals surface area contributed by atoms with Gasteiger partial charge in [0.15, 0.2) is 0 Å². The minimum Gasteiger partial charge on any atom is -0.481 e. The van der Waals surface area contributed by atoms with Gasteiger partial charge in [-0.15, -0.1) is 11.8 Å². The fourth-order valence-electron chi connectivity index (χ4n) is 2.37. The Labute approximate surface area is 137 Å². The largest absolute Gasteiger partial charge is 0.481 e. The minimum atomic E-state index is -0.751. The minimum absolute atomic E-state index is 0.0896. The molecule has 0 spiro atoms. The highest BCUT2D eigenvalue weighted by Crippen LogP contribution is 2.27. The molecule has 2 rings (SSSR count).